The van der Waals surface area contributed by atoms with Crippen molar-refractivity contribution in [2.24, 2.45) is 0 Å². The molecule has 0 atom stereocenters. The molecule has 2 rings (SSSR count). The van der Waals surface area contributed by atoms with Crippen molar-refractivity contribution in [2.45, 2.75) is 37.3 Å². The Hall–Kier alpha value is -1.69. The van der Waals surface area contributed by atoms with Crippen LogP contribution in [0.5, 0.6) is 0 Å². The van der Waals surface area contributed by atoms with Crippen LogP contribution in [-0.4, -0.2) is 59.8 Å². The van der Waals surface area contributed by atoms with Gasteiger partial charge in [0.25, 0.3) is 5.91 Å². The molecule has 0 unspecified atom stereocenters. The molecule has 0 radical (unpaired) electrons. The predicted octanol–water partition coefficient (Wildman–Crippen LogP) is 3.49. The minimum Gasteiger partial charge on any atom is -0.450 e. The van der Waals surface area contributed by atoms with Gasteiger partial charge in [-0.3, -0.25) is 4.79 Å². The van der Waals surface area contributed by atoms with Crippen molar-refractivity contribution in [1.82, 2.24) is 9.80 Å². The van der Waals surface area contributed by atoms with Crippen LogP contribution in [0.15, 0.2) is 29.2 Å². The summed E-state index contributed by atoms with van der Waals surface area (Å²) in [6.45, 7) is 8.83. The third-order valence-corrected chi connectivity index (χ3v) is 4.80. The summed E-state index contributed by atoms with van der Waals surface area (Å²) in [5.74, 6) is 0.0294. The van der Waals surface area contributed by atoms with Crippen molar-refractivity contribution in [3.05, 3.63) is 29.8 Å². The van der Waals surface area contributed by atoms with Crippen LogP contribution in [0.2, 0.25) is 0 Å². The molecule has 0 bridgehead atoms. The minimum atomic E-state index is -0.290. The van der Waals surface area contributed by atoms with Gasteiger partial charge in [-0.25, -0.2) is 4.79 Å². The Morgan fingerprint density at radius 2 is 1.71 bits per heavy atom. The normalized spacial score (nSPS) is 15.3. The van der Waals surface area contributed by atoms with Gasteiger partial charge in [0.15, 0.2) is 0 Å². The molecular formula is C18H26N2O3S. The topological polar surface area (TPSA) is 49.9 Å². The van der Waals surface area contributed by atoms with Crippen molar-refractivity contribution >= 4 is 23.8 Å². The highest BCUT2D eigenvalue weighted by Crippen LogP contribution is 2.23. The quantitative estimate of drug-likeness (QED) is 0.780. The molecule has 24 heavy (non-hydrogen) atoms. The number of carbonyl (C=O) groups is 2. The molecule has 5 nitrogen and oxygen atoms in total. The summed E-state index contributed by atoms with van der Waals surface area (Å²) < 4.78 is 5.04. The van der Waals surface area contributed by atoms with E-state index in [1.807, 2.05) is 29.2 Å². The molecule has 0 aromatic heterocycles. The third kappa shape index (κ3) is 5.16. The summed E-state index contributed by atoms with van der Waals surface area (Å²) in [6, 6.07) is 7.78. The highest BCUT2D eigenvalue weighted by Gasteiger charge is 2.23. The average molecular weight is 350 g/mol. The van der Waals surface area contributed by atoms with Gasteiger partial charge in [0, 0.05) is 41.9 Å². The predicted molar refractivity (Wildman–Crippen MR) is 96.6 cm³/mol. The van der Waals surface area contributed by atoms with Crippen LogP contribution in [-0.2, 0) is 4.74 Å². The van der Waals surface area contributed by atoms with E-state index >= 15 is 0 Å². The molecule has 1 saturated heterocycles. The van der Waals surface area contributed by atoms with Gasteiger partial charge in [0.05, 0.1) is 6.61 Å². The molecule has 1 aliphatic rings. The summed E-state index contributed by atoms with van der Waals surface area (Å²) in [6.07, 6.45) is 0.480. The zero-order valence-corrected chi connectivity index (χ0v) is 15.5. The van der Waals surface area contributed by atoms with E-state index in [9.17, 15) is 9.59 Å². The number of hydrogen-bond acceptors (Lipinski definition) is 4. The highest BCUT2D eigenvalue weighted by molar-refractivity contribution is 7.99. The molecule has 1 heterocycles. The van der Waals surface area contributed by atoms with E-state index in [0.717, 1.165) is 6.42 Å². The molecule has 0 spiro atoms. The lowest BCUT2D eigenvalue weighted by molar-refractivity contribution is 0.0753. The first kappa shape index (κ1) is 18.6. The van der Waals surface area contributed by atoms with Crippen LogP contribution in [0.25, 0.3) is 0 Å². The second kappa shape index (κ2) is 8.97. The Kier molecular flexibility index (Phi) is 6.97. The number of carbonyl (C=O) groups excluding carboxylic acids is 2. The van der Waals surface area contributed by atoms with Crippen LogP contribution < -0.4 is 0 Å². The first-order valence-corrected chi connectivity index (χ1v) is 9.37. The SMILES string of the molecule is CCOC(=O)N1CCCN(C(=O)c2ccc(SC(C)C)cc2)CC1. The molecule has 6 heteroatoms. The van der Waals surface area contributed by atoms with Crippen molar-refractivity contribution in [1.29, 1.82) is 0 Å². The summed E-state index contributed by atoms with van der Waals surface area (Å²) in [5, 5.41) is 0.519. The van der Waals surface area contributed by atoms with Gasteiger partial charge in [-0.2, -0.15) is 0 Å². The lowest BCUT2D eigenvalue weighted by Crippen LogP contribution is -2.37. The van der Waals surface area contributed by atoms with E-state index in [1.54, 1.807) is 23.6 Å². The molecule has 0 aliphatic carbocycles. The van der Waals surface area contributed by atoms with Gasteiger partial charge in [0.2, 0.25) is 0 Å². The molecule has 0 N–H and O–H groups in total. The maximum absolute atomic E-state index is 12.7. The molecule has 1 aromatic rings. The van der Waals surface area contributed by atoms with E-state index in [4.69, 9.17) is 4.74 Å². The van der Waals surface area contributed by atoms with Crippen LogP contribution >= 0.6 is 11.8 Å². The Labute approximate surface area is 148 Å². The molecule has 1 fully saturated rings. The van der Waals surface area contributed by atoms with E-state index in [-0.39, 0.29) is 12.0 Å². The Bertz CT molecular complexity index is 560. The van der Waals surface area contributed by atoms with Crippen LogP contribution in [0.4, 0.5) is 4.79 Å². The van der Waals surface area contributed by atoms with Gasteiger partial charge in [-0.05, 0) is 37.6 Å². The second-order valence-electron chi connectivity index (χ2n) is 6.02. The molecule has 1 aromatic carbocycles. The van der Waals surface area contributed by atoms with Crippen molar-refractivity contribution < 1.29 is 14.3 Å². The van der Waals surface area contributed by atoms with Crippen LogP contribution in [0.3, 0.4) is 0 Å². The van der Waals surface area contributed by atoms with Gasteiger partial charge >= 0.3 is 6.09 Å². The number of thioether (sulfide) groups is 1. The summed E-state index contributed by atoms with van der Waals surface area (Å²) in [4.78, 5) is 29.2. The van der Waals surface area contributed by atoms with E-state index in [0.29, 0.717) is 43.6 Å². The average Bonchev–Trinajstić information content (AvgIpc) is 2.81. The van der Waals surface area contributed by atoms with Crippen LogP contribution in [0.1, 0.15) is 37.6 Å². The Morgan fingerprint density at radius 1 is 1.08 bits per heavy atom. The number of rotatable bonds is 4. The zero-order chi connectivity index (χ0) is 17.5. The standard InChI is InChI=1S/C18H26N2O3S/c1-4-23-18(22)20-11-5-10-19(12-13-20)17(21)15-6-8-16(9-7-15)24-14(2)3/h6-9,14H,4-5,10-13H2,1-3H3. The third-order valence-electron chi connectivity index (χ3n) is 3.78. The number of ether oxygens (including phenoxy) is 1. The lowest BCUT2D eigenvalue weighted by atomic mass is 10.2. The smallest absolute Gasteiger partial charge is 0.409 e. The molecule has 0 saturated carbocycles. The number of hydrogen-bond donors (Lipinski definition) is 0. The van der Waals surface area contributed by atoms with Crippen molar-refractivity contribution in [3.8, 4) is 0 Å². The first-order valence-electron chi connectivity index (χ1n) is 8.49. The maximum atomic E-state index is 12.7. The van der Waals surface area contributed by atoms with Crippen molar-refractivity contribution in [3.63, 3.8) is 0 Å². The monoisotopic (exact) mass is 350 g/mol. The minimum absolute atomic E-state index is 0.0294. The van der Waals surface area contributed by atoms with Crippen molar-refractivity contribution in [2.75, 3.05) is 32.8 Å². The Morgan fingerprint density at radius 3 is 2.33 bits per heavy atom. The number of benzene rings is 1. The molecule has 132 valence electrons. The fourth-order valence-electron chi connectivity index (χ4n) is 2.65. The summed E-state index contributed by atoms with van der Waals surface area (Å²) in [5.41, 5.74) is 0.702. The highest BCUT2D eigenvalue weighted by atomic mass is 32.2. The first-order chi connectivity index (χ1) is 11.5. The number of amides is 2. The fourth-order valence-corrected chi connectivity index (χ4v) is 3.49. The van der Waals surface area contributed by atoms with Gasteiger partial charge in [0.1, 0.15) is 0 Å². The zero-order valence-electron chi connectivity index (χ0n) is 14.7. The lowest BCUT2D eigenvalue weighted by Gasteiger charge is -2.22. The van der Waals surface area contributed by atoms with Gasteiger partial charge < -0.3 is 14.5 Å². The van der Waals surface area contributed by atoms with E-state index in [2.05, 4.69) is 13.8 Å². The summed E-state index contributed by atoms with van der Waals surface area (Å²) >= 11 is 1.78. The molecule has 1 aliphatic heterocycles. The van der Waals surface area contributed by atoms with Gasteiger partial charge in [-0.1, -0.05) is 13.8 Å². The number of nitrogens with zero attached hydrogens (tertiary/aromatic N) is 2. The Balaban J connectivity index is 1.96. The van der Waals surface area contributed by atoms with E-state index < -0.39 is 0 Å². The molecule has 2 amide bonds. The largest absolute Gasteiger partial charge is 0.450 e. The second-order valence-corrected chi connectivity index (χ2v) is 7.67. The van der Waals surface area contributed by atoms with E-state index in [1.165, 1.54) is 4.90 Å². The molecular weight excluding hydrogens is 324 g/mol. The summed E-state index contributed by atoms with van der Waals surface area (Å²) in [7, 11) is 0. The van der Waals surface area contributed by atoms with Crippen LogP contribution in [0, 0.1) is 0 Å². The van der Waals surface area contributed by atoms with Gasteiger partial charge in [-0.15, -0.1) is 11.8 Å². The maximum Gasteiger partial charge on any atom is 0.409 e. The fraction of sp³-hybridized carbons (Fsp3) is 0.556.